The van der Waals surface area contributed by atoms with Crippen LogP contribution in [0.3, 0.4) is 0 Å². The van der Waals surface area contributed by atoms with Crippen molar-refractivity contribution in [2.45, 2.75) is 20.3 Å². The van der Waals surface area contributed by atoms with Crippen molar-refractivity contribution < 1.29 is 18.3 Å². The SMILES string of the molecule is CC1=N/C(=C2\CN(C(=O)c3ccc(F)cc3OCCc3ccc(F)cc3)CC2=N)NC(C)=C1Cl. The minimum atomic E-state index is -0.527. The van der Waals surface area contributed by atoms with Gasteiger partial charge in [-0.25, -0.2) is 13.8 Å². The van der Waals surface area contributed by atoms with Crippen LogP contribution in [0.15, 0.2) is 69.6 Å². The number of halogens is 3. The third-order valence-electron chi connectivity index (χ3n) is 5.60. The molecular formula is C25H23ClF2N4O2. The number of amides is 1. The van der Waals surface area contributed by atoms with Crippen LogP contribution in [-0.2, 0) is 6.42 Å². The van der Waals surface area contributed by atoms with Gasteiger partial charge in [0.1, 0.15) is 23.2 Å². The maximum atomic E-state index is 13.9. The summed E-state index contributed by atoms with van der Waals surface area (Å²) in [5.41, 5.74) is 3.28. The summed E-state index contributed by atoms with van der Waals surface area (Å²) < 4.78 is 32.8. The number of ether oxygens (including phenoxy) is 1. The normalized spacial score (nSPS) is 18.2. The summed E-state index contributed by atoms with van der Waals surface area (Å²) in [5, 5.41) is 12.0. The molecule has 2 aliphatic rings. The Morgan fingerprint density at radius 1 is 1.15 bits per heavy atom. The van der Waals surface area contributed by atoms with Crippen LogP contribution >= 0.6 is 11.6 Å². The van der Waals surface area contributed by atoms with Crippen molar-refractivity contribution >= 4 is 28.9 Å². The number of hydrogen-bond acceptors (Lipinski definition) is 5. The molecular weight excluding hydrogens is 462 g/mol. The van der Waals surface area contributed by atoms with Gasteiger partial charge in [-0.2, -0.15) is 0 Å². The van der Waals surface area contributed by atoms with Crippen molar-refractivity contribution in [2.24, 2.45) is 4.99 Å². The molecule has 1 amide bonds. The molecule has 0 radical (unpaired) electrons. The van der Waals surface area contributed by atoms with Crippen LogP contribution in [0.2, 0.25) is 0 Å². The van der Waals surface area contributed by atoms with Gasteiger partial charge in [0.25, 0.3) is 5.91 Å². The van der Waals surface area contributed by atoms with Gasteiger partial charge in [0, 0.05) is 23.8 Å². The lowest BCUT2D eigenvalue weighted by molar-refractivity contribution is 0.0799. The third-order valence-corrected chi connectivity index (χ3v) is 6.16. The topological polar surface area (TPSA) is 77.8 Å². The third kappa shape index (κ3) is 5.02. The molecule has 0 unspecified atom stereocenters. The molecule has 9 heteroatoms. The molecule has 0 aromatic heterocycles. The second-order valence-electron chi connectivity index (χ2n) is 8.09. The number of rotatable bonds is 5. The summed E-state index contributed by atoms with van der Waals surface area (Å²) in [6.45, 7) is 4.05. The highest BCUT2D eigenvalue weighted by Gasteiger charge is 2.32. The van der Waals surface area contributed by atoms with E-state index in [1.54, 1.807) is 19.1 Å². The molecule has 1 saturated heterocycles. The molecule has 4 rings (SSSR count). The molecule has 2 aromatic carbocycles. The van der Waals surface area contributed by atoms with Crippen molar-refractivity contribution in [2.75, 3.05) is 19.7 Å². The number of nitrogens with one attached hydrogen (secondary N) is 2. The lowest BCUT2D eigenvalue weighted by atomic mass is 10.1. The van der Waals surface area contributed by atoms with E-state index in [-0.39, 0.29) is 48.4 Å². The number of benzene rings is 2. The van der Waals surface area contributed by atoms with Gasteiger partial charge in [0.15, 0.2) is 0 Å². The molecule has 2 aliphatic heterocycles. The van der Waals surface area contributed by atoms with E-state index in [1.807, 2.05) is 6.92 Å². The second kappa shape index (κ2) is 9.77. The second-order valence-corrected chi connectivity index (χ2v) is 8.47. The molecule has 0 aliphatic carbocycles. The monoisotopic (exact) mass is 484 g/mol. The maximum absolute atomic E-state index is 13.9. The predicted molar refractivity (Wildman–Crippen MR) is 127 cm³/mol. The van der Waals surface area contributed by atoms with E-state index >= 15 is 0 Å². The molecule has 0 saturated carbocycles. The van der Waals surface area contributed by atoms with E-state index in [9.17, 15) is 13.6 Å². The molecule has 6 nitrogen and oxygen atoms in total. The summed E-state index contributed by atoms with van der Waals surface area (Å²) >= 11 is 6.19. The Morgan fingerprint density at radius 3 is 2.56 bits per heavy atom. The van der Waals surface area contributed by atoms with Crippen molar-refractivity contribution in [1.29, 1.82) is 5.41 Å². The number of allylic oxidation sites excluding steroid dienone is 2. The lowest BCUT2D eigenvalue weighted by Crippen LogP contribution is -2.29. The molecule has 2 aromatic rings. The molecule has 2 N–H and O–H groups in total. The molecule has 0 atom stereocenters. The standard InChI is InChI=1S/C25H23ClF2N4O2/c1-14-23(26)15(2)31-24(30-14)20-12-32(13-21(20)29)25(33)19-8-7-18(28)11-22(19)34-10-9-16-3-5-17(27)6-4-16/h3-8,11,29-30H,9-10,12-13H2,1-2H3/b24-20+,29-21?. The fourth-order valence-electron chi connectivity index (χ4n) is 3.77. The largest absolute Gasteiger partial charge is 0.492 e. The lowest BCUT2D eigenvalue weighted by Gasteiger charge is -2.19. The highest BCUT2D eigenvalue weighted by molar-refractivity contribution is 6.43. The summed E-state index contributed by atoms with van der Waals surface area (Å²) in [7, 11) is 0. The molecule has 2 heterocycles. The first-order valence-electron chi connectivity index (χ1n) is 10.7. The van der Waals surface area contributed by atoms with Gasteiger partial charge in [-0.1, -0.05) is 23.7 Å². The predicted octanol–water partition coefficient (Wildman–Crippen LogP) is 4.81. The summed E-state index contributed by atoms with van der Waals surface area (Å²) in [5.74, 6) is -0.615. The van der Waals surface area contributed by atoms with E-state index in [1.165, 1.54) is 35.2 Å². The Kier molecular flexibility index (Phi) is 6.79. The highest BCUT2D eigenvalue weighted by atomic mass is 35.5. The smallest absolute Gasteiger partial charge is 0.258 e. The van der Waals surface area contributed by atoms with Crippen molar-refractivity contribution in [1.82, 2.24) is 10.2 Å². The summed E-state index contributed by atoms with van der Waals surface area (Å²) in [6, 6.07) is 9.77. The van der Waals surface area contributed by atoms with Crippen LogP contribution in [-0.4, -0.2) is 41.9 Å². The van der Waals surface area contributed by atoms with Gasteiger partial charge in [0.05, 0.1) is 41.7 Å². The quantitative estimate of drug-likeness (QED) is 0.639. The number of aliphatic imine (C=N–C) groups is 1. The van der Waals surface area contributed by atoms with Crippen LogP contribution in [0.25, 0.3) is 0 Å². The van der Waals surface area contributed by atoms with Crippen molar-refractivity contribution in [3.63, 3.8) is 0 Å². The van der Waals surface area contributed by atoms with E-state index in [4.69, 9.17) is 21.7 Å². The van der Waals surface area contributed by atoms with Crippen LogP contribution in [0, 0.1) is 17.0 Å². The average Bonchev–Trinajstić information content (AvgIpc) is 3.20. The molecule has 0 spiro atoms. The first kappa shape index (κ1) is 23.6. The van der Waals surface area contributed by atoms with E-state index in [2.05, 4.69) is 10.3 Å². The molecule has 176 valence electrons. The Hall–Kier alpha value is -3.52. The Morgan fingerprint density at radius 2 is 1.85 bits per heavy atom. The Labute approximate surface area is 201 Å². The number of carbonyl (C=O) groups excluding carboxylic acids is 1. The Bertz CT molecular complexity index is 1250. The van der Waals surface area contributed by atoms with Gasteiger partial charge in [0.2, 0.25) is 0 Å². The van der Waals surface area contributed by atoms with Gasteiger partial charge < -0.3 is 20.4 Å². The van der Waals surface area contributed by atoms with Crippen molar-refractivity contribution in [3.05, 3.63) is 87.3 Å². The number of carbonyl (C=O) groups is 1. The summed E-state index contributed by atoms with van der Waals surface area (Å²) in [4.78, 5) is 19.2. The first-order chi connectivity index (χ1) is 16.2. The minimum Gasteiger partial charge on any atom is -0.492 e. The molecule has 1 fully saturated rings. The number of likely N-dealkylation sites (tertiary alicyclic amines) is 1. The van der Waals surface area contributed by atoms with Gasteiger partial charge >= 0.3 is 0 Å². The number of hydrogen-bond donors (Lipinski definition) is 2. The van der Waals surface area contributed by atoms with Crippen LogP contribution in [0.5, 0.6) is 5.75 Å². The Balaban J connectivity index is 1.50. The zero-order chi connectivity index (χ0) is 24.4. The highest BCUT2D eigenvalue weighted by Crippen LogP contribution is 2.27. The minimum absolute atomic E-state index is 0.0941. The summed E-state index contributed by atoms with van der Waals surface area (Å²) in [6.07, 6.45) is 0.466. The fraction of sp³-hybridized carbons (Fsp3) is 0.240. The zero-order valence-corrected chi connectivity index (χ0v) is 19.5. The van der Waals surface area contributed by atoms with E-state index < -0.39 is 5.82 Å². The fourth-order valence-corrected chi connectivity index (χ4v) is 3.86. The molecule has 34 heavy (non-hydrogen) atoms. The van der Waals surface area contributed by atoms with Crippen molar-refractivity contribution in [3.8, 4) is 5.75 Å². The maximum Gasteiger partial charge on any atom is 0.258 e. The van der Waals surface area contributed by atoms with Gasteiger partial charge in [-0.05, 0) is 43.7 Å². The van der Waals surface area contributed by atoms with Crippen LogP contribution in [0.4, 0.5) is 8.78 Å². The average molecular weight is 485 g/mol. The van der Waals surface area contributed by atoms with E-state index in [0.29, 0.717) is 28.6 Å². The van der Waals surface area contributed by atoms with Crippen LogP contribution in [0.1, 0.15) is 29.8 Å². The zero-order valence-electron chi connectivity index (χ0n) is 18.7. The van der Waals surface area contributed by atoms with Crippen LogP contribution < -0.4 is 10.1 Å². The van der Waals surface area contributed by atoms with Gasteiger partial charge in [-0.3, -0.25) is 4.79 Å². The van der Waals surface area contributed by atoms with E-state index in [0.717, 1.165) is 11.3 Å². The van der Waals surface area contributed by atoms with Gasteiger partial charge in [-0.15, -0.1) is 0 Å². The molecule has 0 bridgehead atoms. The number of nitrogens with zero attached hydrogens (tertiary/aromatic N) is 2. The first-order valence-corrected chi connectivity index (χ1v) is 11.1.